The second-order valence-electron chi connectivity index (χ2n) is 1.04. The molecule has 0 fully saturated rings. The Bertz CT molecular complexity index is 167. The minimum Gasteiger partial charge on any atom is -0.391 e. The van der Waals surface area contributed by atoms with Crippen LogP contribution in [0.1, 0.15) is 0 Å². The first-order valence-electron chi connectivity index (χ1n) is 2.11. The maximum atomic E-state index is 10.3. The molecule has 56 valence electrons. The Hall–Kier alpha value is -0.250. The predicted octanol–water partition coefficient (Wildman–Crippen LogP) is 0.373. The first-order valence-corrected chi connectivity index (χ1v) is 4.37. The minimum atomic E-state index is -2.89. The van der Waals surface area contributed by atoms with Crippen LogP contribution in [0.25, 0.3) is 0 Å². The van der Waals surface area contributed by atoms with Gasteiger partial charge < -0.3 is 5.11 Å². The Morgan fingerprint density at radius 1 is 1.60 bits per heavy atom. The van der Waals surface area contributed by atoms with Gasteiger partial charge in [0.05, 0.1) is 12.8 Å². The summed E-state index contributed by atoms with van der Waals surface area (Å²) in [5, 5.41) is 8.08. The highest BCUT2D eigenvalue weighted by Crippen LogP contribution is 2.35. The molecule has 0 aliphatic heterocycles. The largest absolute Gasteiger partial charge is 0.744 e. The summed E-state index contributed by atoms with van der Waals surface area (Å²) in [4.78, 5) is 7.99. The van der Waals surface area contributed by atoms with E-state index in [0.717, 1.165) is 6.21 Å². The third-order valence-corrected chi connectivity index (χ3v) is 1.87. The Balaban J connectivity index is 3.64. The summed E-state index contributed by atoms with van der Waals surface area (Å²) in [6.45, 7) is -0.382. The average molecular weight is 185 g/mol. The Morgan fingerprint density at radius 3 is 2.60 bits per heavy atom. The van der Waals surface area contributed by atoms with Gasteiger partial charge in [0, 0.05) is 9.13 Å². The molecule has 0 bridgehead atoms. The molecule has 2 atom stereocenters. The van der Waals surface area contributed by atoms with Crippen molar-refractivity contribution in [1.82, 2.24) is 0 Å². The topological polar surface area (TPSA) is 96.2 Å². The van der Waals surface area contributed by atoms with Crippen molar-refractivity contribution >= 4 is 22.6 Å². The van der Waals surface area contributed by atoms with E-state index >= 15 is 0 Å². The predicted molar refractivity (Wildman–Crippen MR) is 34.1 cm³/mol. The normalized spacial score (nSPS) is 13.8. The zero-order valence-electron chi connectivity index (χ0n) is 4.75. The molecule has 0 aliphatic carbocycles. The summed E-state index contributed by atoms with van der Waals surface area (Å²) in [5.74, 6) is 0. The van der Waals surface area contributed by atoms with Crippen LogP contribution in [0, 0.1) is 0 Å². The summed E-state index contributed by atoms with van der Waals surface area (Å²) in [7, 11) is -5.39. The molecule has 0 aromatic rings. The van der Waals surface area contributed by atoms with Gasteiger partial charge in [0.1, 0.15) is 0 Å². The molecular weight excluding hydrogens is 180 g/mol. The SMILES string of the molecule is O=[P+](O)O[P+](=O)N=CCO. The van der Waals surface area contributed by atoms with E-state index in [0.29, 0.717) is 0 Å². The van der Waals surface area contributed by atoms with Crippen molar-refractivity contribution in [3.8, 4) is 0 Å². The van der Waals surface area contributed by atoms with Crippen molar-refractivity contribution in [3.63, 3.8) is 0 Å². The van der Waals surface area contributed by atoms with Crippen LogP contribution in [0.4, 0.5) is 0 Å². The second kappa shape index (κ2) is 5.53. The minimum absolute atomic E-state index is 0.382. The Labute approximate surface area is 58.4 Å². The van der Waals surface area contributed by atoms with E-state index in [2.05, 4.69) is 9.07 Å². The molecule has 0 rings (SSSR count). The van der Waals surface area contributed by atoms with Gasteiger partial charge in [0.2, 0.25) is 0 Å². The second-order valence-corrected chi connectivity index (χ2v) is 2.87. The quantitative estimate of drug-likeness (QED) is 0.487. The maximum absolute atomic E-state index is 10.3. The lowest BCUT2D eigenvalue weighted by Gasteiger charge is -1.64. The first-order chi connectivity index (χ1) is 4.66. The number of aliphatic hydroxyl groups excluding tert-OH is 1. The fraction of sp³-hybridized carbons (Fsp3) is 0.500. The van der Waals surface area contributed by atoms with Crippen LogP contribution < -0.4 is 0 Å². The molecule has 2 unspecified atom stereocenters. The highest BCUT2D eigenvalue weighted by molar-refractivity contribution is 7.49. The maximum Gasteiger partial charge on any atom is 0.744 e. The first kappa shape index (κ1) is 9.75. The van der Waals surface area contributed by atoms with Crippen molar-refractivity contribution in [3.05, 3.63) is 0 Å². The fourth-order valence-corrected chi connectivity index (χ4v) is 1.04. The van der Waals surface area contributed by atoms with Gasteiger partial charge in [-0.2, -0.15) is 0 Å². The van der Waals surface area contributed by atoms with Crippen LogP contribution in [0.3, 0.4) is 0 Å². The number of hydrogen-bond acceptors (Lipinski definition) is 4. The lowest BCUT2D eigenvalue weighted by atomic mass is 10.8. The van der Waals surface area contributed by atoms with Gasteiger partial charge in [-0.05, 0) is 4.76 Å². The molecule has 2 N–H and O–H groups in total. The highest BCUT2D eigenvalue weighted by Gasteiger charge is 2.33. The van der Waals surface area contributed by atoms with Crippen molar-refractivity contribution in [2.24, 2.45) is 4.76 Å². The highest BCUT2D eigenvalue weighted by atomic mass is 31.2. The van der Waals surface area contributed by atoms with E-state index in [1.165, 1.54) is 0 Å². The van der Waals surface area contributed by atoms with Crippen LogP contribution in [0.5, 0.6) is 0 Å². The van der Waals surface area contributed by atoms with E-state index in [1.807, 2.05) is 0 Å². The summed E-state index contributed by atoms with van der Waals surface area (Å²) < 4.78 is 26.9. The van der Waals surface area contributed by atoms with Crippen LogP contribution in [-0.4, -0.2) is 22.8 Å². The molecule has 0 heterocycles. The molecule has 0 amide bonds. The zero-order chi connectivity index (χ0) is 7.98. The van der Waals surface area contributed by atoms with E-state index < -0.39 is 16.4 Å². The van der Waals surface area contributed by atoms with Crippen molar-refractivity contribution < 1.29 is 23.4 Å². The van der Waals surface area contributed by atoms with E-state index in [4.69, 9.17) is 10.00 Å². The van der Waals surface area contributed by atoms with Crippen molar-refractivity contribution in [1.29, 1.82) is 0 Å². The molecule has 0 radical (unpaired) electrons. The van der Waals surface area contributed by atoms with Gasteiger partial charge in [0.25, 0.3) is 0 Å². The van der Waals surface area contributed by atoms with E-state index in [1.54, 1.807) is 0 Å². The summed E-state index contributed by atoms with van der Waals surface area (Å²) in [6, 6.07) is 0. The third-order valence-electron chi connectivity index (χ3n) is 0.397. The van der Waals surface area contributed by atoms with Crippen LogP contribution in [-0.2, 0) is 13.4 Å². The molecule has 8 heteroatoms. The lowest BCUT2D eigenvalue weighted by molar-refractivity contribution is 0.361. The van der Waals surface area contributed by atoms with Gasteiger partial charge in [-0.15, -0.1) is 4.89 Å². The molecule has 0 aliphatic rings. The van der Waals surface area contributed by atoms with Gasteiger partial charge in [0.15, 0.2) is 4.31 Å². The smallest absolute Gasteiger partial charge is 0.391 e. The summed E-state index contributed by atoms with van der Waals surface area (Å²) >= 11 is 0. The van der Waals surface area contributed by atoms with E-state index in [9.17, 15) is 9.13 Å². The summed E-state index contributed by atoms with van der Waals surface area (Å²) in [6.07, 6.45) is 0.914. The number of nitrogens with zero attached hydrogens (tertiary/aromatic N) is 1. The van der Waals surface area contributed by atoms with Crippen LogP contribution in [0.15, 0.2) is 4.76 Å². The number of rotatable bonds is 4. The molecule has 0 saturated heterocycles. The molecule has 0 aromatic heterocycles. The van der Waals surface area contributed by atoms with Gasteiger partial charge in [-0.3, -0.25) is 0 Å². The fourth-order valence-electron chi connectivity index (χ4n) is 0.184. The van der Waals surface area contributed by atoms with Crippen LogP contribution in [0.2, 0.25) is 0 Å². The number of hydrogen-bond donors (Lipinski definition) is 2. The summed E-state index contributed by atoms with van der Waals surface area (Å²) in [5.41, 5.74) is 0. The molecule has 6 nitrogen and oxygen atoms in total. The third kappa shape index (κ3) is 5.88. The number of aliphatic hydroxyl groups is 1. The van der Waals surface area contributed by atoms with Crippen LogP contribution >= 0.6 is 16.4 Å². The zero-order valence-corrected chi connectivity index (χ0v) is 6.53. The van der Waals surface area contributed by atoms with E-state index in [-0.39, 0.29) is 6.61 Å². The lowest BCUT2D eigenvalue weighted by Crippen LogP contribution is -1.78. The Morgan fingerprint density at radius 2 is 2.20 bits per heavy atom. The van der Waals surface area contributed by atoms with Crippen molar-refractivity contribution in [2.75, 3.05) is 6.61 Å². The van der Waals surface area contributed by atoms with Gasteiger partial charge in [-0.1, -0.05) is 0 Å². The molecule has 10 heavy (non-hydrogen) atoms. The molecule has 0 spiro atoms. The van der Waals surface area contributed by atoms with Gasteiger partial charge >= 0.3 is 16.4 Å². The van der Waals surface area contributed by atoms with Gasteiger partial charge in [-0.25, -0.2) is 0 Å². The Kier molecular flexibility index (Phi) is 5.39. The molecule has 0 saturated carbocycles. The average Bonchev–Trinajstić information content (AvgIpc) is 1.82. The standard InChI is InChI=1S/C2H4NO5P2/c4-2-1-3-9(5)8-10(6)7/h1,4H,2H2/q+1/p+1. The van der Waals surface area contributed by atoms with Crippen molar-refractivity contribution in [2.45, 2.75) is 0 Å². The molecule has 0 aromatic carbocycles. The molecular formula is C2H5NO5P2+2. The monoisotopic (exact) mass is 185 g/mol.